The van der Waals surface area contributed by atoms with Gasteiger partial charge in [-0.15, -0.1) is 0 Å². The fourth-order valence-electron chi connectivity index (χ4n) is 5.34. The average Bonchev–Trinajstić information content (AvgIpc) is 2.83. The average molecular weight is 435 g/mol. The van der Waals surface area contributed by atoms with E-state index in [9.17, 15) is 10.1 Å². The quantitative estimate of drug-likeness (QED) is 0.640. The van der Waals surface area contributed by atoms with Crippen LogP contribution in [-0.4, -0.2) is 29.9 Å². The lowest BCUT2D eigenvalue weighted by Gasteiger charge is -2.44. The Bertz CT molecular complexity index is 1340. The van der Waals surface area contributed by atoms with Crippen LogP contribution in [0.4, 0.5) is 0 Å². The zero-order chi connectivity index (χ0) is 23.1. The lowest BCUT2D eigenvalue weighted by atomic mass is 9.71. The second kappa shape index (κ2) is 8.23. The second-order valence-electron chi connectivity index (χ2n) is 8.87. The first-order valence-corrected chi connectivity index (χ1v) is 11.2. The van der Waals surface area contributed by atoms with Gasteiger partial charge in [0.2, 0.25) is 0 Å². The minimum atomic E-state index is -0.475. The van der Waals surface area contributed by atoms with Gasteiger partial charge in [-0.3, -0.25) is 9.80 Å². The van der Waals surface area contributed by atoms with E-state index >= 15 is 0 Å². The zero-order valence-corrected chi connectivity index (χ0v) is 18.8. The first-order chi connectivity index (χ1) is 16.0. The molecule has 0 amide bonds. The molecule has 2 aliphatic rings. The van der Waals surface area contributed by atoms with E-state index in [2.05, 4.69) is 36.4 Å². The Morgan fingerprint density at radius 3 is 2.39 bits per heavy atom. The van der Waals surface area contributed by atoms with E-state index in [1.807, 2.05) is 66.6 Å². The summed E-state index contributed by atoms with van der Waals surface area (Å²) in [6.45, 7) is 0. The molecule has 0 saturated heterocycles. The van der Waals surface area contributed by atoms with E-state index in [1.165, 1.54) is 0 Å². The molecule has 0 unspecified atom stereocenters. The van der Waals surface area contributed by atoms with Crippen molar-refractivity contribution < 1.29 is 4.79 Å². The number of fused-ring (bicyclic) bond motifs is 1. The molecule has 0 saturated carbocycles. The normalized spacial score (nSPS) is 20.9. The highest BCUT2D eigenvalue weighted by molar-refractivity contribution is 6.02. The van der Waals surface area contributed by atoms with E-state index in [0.29, 0.717) is 29.8 Å². The molecule has 1 aliphatic carbocycles. The summed E-state index contributed by atoms with van der Waals surface area (Å²) in [5.74, 6) is 0.0665. The molecule has 1 aliphatic heterocycles. The van der Waals surface area contributed by atoms with Gasteiger partial charge >= 0.3 is 0 Å². The third kappa shape index (κ3) is 3.40. The number of nitrogens with two attached hydrogens (primary N) is 1. The maximum atomic E-state index is 13.8. The summed E-state index contributed by atoms with van der Waals surface area (Å²) in [5, 5.41) is 16.0. The van der Waals surface area contributed by atoms with Crippen molar-refractivity contribution in [3.63, 3.8) is 0 Å². The SMILES string of the molecule is CN(C)N1C(N)=C(C#N)[C@@H](c2cccc3ccccc23)C2=C1C[C@@H](c1ccccc1)CC2=O. The van der Waals surface area contributed by atoms with Gasteiger partial charge in [0.15, 0.2) is 5.78 Å². The number of ketones is 1. The number of benzene rings is 3. The van der Waals surface area contributed by atoms with Gasteiger partial charge in [-0.1, -0.05) is 72.8 Å². The number of hydrogen-bond donors (Lipinski definition) is 1. The van der Waals surface area contributed by atoms with Crippen molar-refractivity contribution in [3.05, 3.63) is 107 Å². The lowest BCUT2D eigenvalue weighted by molar-refractivity contribution is -0.117. The molecule has 0 bridgehead atoms. The molecule has 1 heterocycles. The van der Waals surface area contributed by atoms with E-state index in [0.717, 1.165) is 27.6 Å². The monoisotopic (exact) mass is 434 g/mol. The van der Waals surface area contributed by atoms with Crippen LogP contribution in [-0.2, 0) is 4.79 Å². The summed E-state index contributed by atoms with van der Waals surface area (Å²) in [6.07, 6.45) is 1.11. The summed E-state index contributed by atoms with van der Waals surface area (Å²) >= 11 is 0. The summed E-state index contributed by atoms with van der Waals surface area (Å²) in [4.78, 5) is 13.8. The van der Waals surface area contributed by atoms with Crippen LogP contribution in [0.15, 0.2) is 95.5 Å². The molecule has 3 aromatic carbocycles. The minimum absolute atomic E-state index is 0.0736. The van der Waals surface area contributed by atoms with Gasteiger partial charge in [0.25, 0.3) is 0 Å². The first kappa shape index (κ1) is 21.0. The standard InChI is InChI=1S/C28H26N4O/c1-31(2)32-24-15-20(18-9-4-3-5-10-18)16-25(33)27(24)26(23(17-29)28(32)30)22-14-8-12-19-11-6-7-13-21(19)22/h3-14,20,26H,15-16,30H2,1-2H3/t20-,26-/m1/s1. The maximum absolute atomic E-state index is 13.8. The van der Waals surface area contributed by atoms with E-state index in [-0.39, 0.29) is 11.7 Å². The molecule has 5 heteroatoms. The van der Waals surface area contributed by atoms with Gasteiger partial charge in [-0.05, 0) is 34.2 Å². The molecule has 0 spiro atoms. The third-order valence-corrected chi connectivity index (χ3v) is 6.75. The van der Waals surface area contributed by atoms with E-state index in [1.54, 1.807) is 0 Å². The Morgan fingerprint density at radius 2 is 1.67 bits per heavy atom. The molecule has 33 heavy (non-hydrogen) atoms. The Kier molecular flexibility index (Phi) is 5.24. The Labute approximate surface area is 194 Å². The summed E-state index contributed by atoms with van der Waals surface area (Å²) < 4.78 is 0. The maximum Gasteiger partial charge on any atom is 0.162 e. The van der Waals surface area contributed by atoms with Crippen LogP contribution in [0, 0.1) is 11.3 Å². The number of carbonyl (C=O) groups excluding carboxylic acids is 1. The molecular weight excluding hydrogens is 408 g/mol. The van der Waals surface area contributed by atoms with Crippen molar-refractivity contribution in [1.29, 1.82) is 5.26 Å². The number of nitriles is 1. The van der Waals surface area contributed by atoms with Crippen LogP contribution in [0.3, 0.4) is 0 Å². The lowest BCUT2D eigenvalue weighted by Crippen LogP contribution is -2.46. The summed E-state index contributed by atoms with van der Waals surface area (Å²) in [5.41, 5.74) is 10.7. The van der Waals surface area contributed by atoms with Crippen molar-refractivity contribution >= 4 is 16.6 Å². The number of rotatable bonds is 3. The van der Waals surface area contributed by atoms with Gasteiger partial charge in [0.05, 0.1) is 17.6 Å². The molecule has 2 N–H and O–H groups in total. The molecule has 0 fully saturated rings. The van der Waals surface area contributed by atoms with Crippen molar-refractivity contribution in [3.8, 4) is 6.07 Å². The molecule has 164 valence electrons. The number of hydrogen-bond acceptors (Lipinski definition) is 5. The molecular formula is C28H26N4O. The number of hydrazine groups is 1. The van der Waals surface area contributed by atoms with Gasteiger partial charge in [0, 0.05) is 31.8 Å². The summed E-state index contributed by atoms with van der Waals surface area (Å²) in [7, 11) is 3.78. The van der Waals surface area contributed by atoms with Crippen LogP contribution in [0.1, 0.15) is 35.8 Å². The van der Waals surface area contributed by atoms with Crippen LogP contribution in [0.5, 0.6) is 0 Å². The molecule has 5 nitrogen and oxygen atoms in total. The highest BCUT2D eigenvalue weighted by Crippen LogP contribution is 2.49. The predicted octanol–water partition coefficient (Wildman–Crippen LogP) is 4.81. The molecule has 3 aromatic rings. The Hall–Kier alpha value is -3.88. The van der Waals surface area contributed by atoms with Crippen LogP contribution in [0.25, 0.3) is 10.8 Å². The highest BCUT2D eigenvalue weighted by Gasteiger charge is 2.43. The predicted molar refractivity (Wildman–Crippen MR) is 129 cm³/mol. The van der Waals surface area contributed by atoms with Gasteiger partial charge in [-0.2, -0.15) is 5.26 Å². The van der Waals surface area contributed by atoms with Crippen LogP contribution in [0.2, 0.25) is 0 Å². The third-order valence-electron chi connectivity index (χ3n) is 6.75. The van der Waals surface area contributed by atoms with Crippen molar-refractivity contribution in [2.24, 2.45) is 5.73 Å². The first-order valence-electron chi connectivity index (χ1n) is 11.2. The zero-order valence-electron chi connectivity index (χ0n) is 18.8. The Morgan fingerprint density at radius 1 is 0.970 bits per heavy atom. The van der Waals surface area contributed by atoms with Crippen molar-refractivity contribution in [1.82, 2.24) is 10.0 Å². The van der Waals surface area contributed by atoms with E-state index in [4.69, 9.17) is 5.73 Å². The smallest absolute Gasteiger partial charge is 0.162 e. The van der Waals surface area contributed by atoms with Crippen LogP contribution < -0.4 is 5.73 Å². The van der Waals surface area contributed by atoms with Gasteiger partial charge in [0.1, 0.15) is 5.82 Å². The van der Waals surface area contributed by atoms with Gasteiger partial charge in [-0.25, -0.2) is 5.01 Å². The number of carbonyl (C=O) groups is 1. The second-order valence-corrected chi connectivity index (χ2v) is 8.87. The fraction of sp³-hybridized carbons (Fsp3) is 0.214. The van der Waals surface area contributed by atoms with Crippen LogP contribution >= 0.6 is 0 Å². The Balaban J connectivity index is 1.74. The van der Waals surface area contributed by atoms with Gasteiger partial charge < -0.3 is 5.73 Å². The number of allylic oxidation sites excluding steroid dienone is 3. The fourth-order valence-corrected chi connectivity index (χ4v) is 5.34. The topological polar surface area (TPSA) is 73.4 Å². The van der Waals surface area contributed by atoms with E-state index < -0.39 is 5.92 Å². The number of Topliss-reactive ketones (excluding diaryl/α,β-unsaturated/α-hetero) is 1. The molecule has 5 rings (SSSR count). The molecule has 2 atom stereocenters. The number of nitrogens with zero attached hydrogens (tertiary/aromatic N) is 3. The molecule has 0 radical (unpaired) electrons. The van der Waals surface area contributed by atoms with Crippen molar-refractivity contribution in [2.75, 3.05) is 14.1 Å². The minimum Gasteiger partial charge on any atom is -0.383 e. The largest absolute Gasteiger partial charge is 0.383 e. The summed E-state index contributed by atoms with van der Waals surface area (Å²) in [6, 6.07) is 26.7. The van der Waals surface area contributed by atoms with Crippen molar-refractivity contribution in [2.45, 2.75) is 24.7 Å². The highest BCUT2D eigenvalue weighted by atomic mass is 16.1. The molecule has 0 aromatic heterocycles.